The number of phenols is 1. The van der Waals surface area contributed by atoms with Crippen molar-refractivity contribution in [3.8, 4) is 5.75 Å². The lowest BCUT2D eigenvalue weighted by atomic mass is 9.76. The summed E-state index contributed by atoms with van der Waals surface area (Å²) in [7, 11) is 1.57. The Hall–Kier alpha value is -2.94. The Bertz CT molecular complexity index is 1140. The normalized spacial score (nSPS) is 27.9. The molecule has 1 spiro atoms. The number of imide groups is 1. The van der Waals surface area contributed by atoms with Crippen LogP contribution in [0, 0.1) is 11.8 Å². The molecular formula is C24H24ClN3O5. The molecule has 0 unspecified atom stereocenters. The van der Waals surface area contributed by atoms with E-state index in [1.165, 1.54) is 4.90 Å². The molecule has 2 aromatic rings. The first-order chi connectivity index (χ1) is 15.9. The minimum atomic E-state index is -1.38. The van der Waals surface area contributed by atoms with E-state index in [0.717, 1.165) is 5.56 Å². The van der Waals surface area contributed by atoms with Crippen molar-refractivity contribution < 1.29 is 24.2 Å². The summed E-state index contributed by atoms with van der Waals surface area (Å²) in [5.74, 6) is -2.44. The average Bonchev–Trinajstić information content (AvgIpc) is 3.36. The van der Waals surface area contributed by atoms with E-state index >= 15 is 0 Å². The van der Waals surface area contributed by atoms with E-state index in [9.17, 15) is 19.5 Å². The topological polar surface area (TPSA) is 108 Å². The van der Waals surface area contributed by atoms with E-state index in [0.29, 0.717) is 35.7 Å². The number of fused-ring (bicyclic) bond motifs is 4. The molecule has 172 valence electrons. The Morgan fingerprint density at radius 1 is 1.12 bits per heavy atom. The van der Waals surface area contributed by atoms with Gasteiger partial charge in [-0.1, -0.05) is 23.7 Å². The van der Waals surface area contributed by atoms with E-state index in [2.05, 4.69) is 10.6 Å². The number of rotatable bonds is 6. The molecule has 0 bridgehead atoms. The highest BCUT2D eigenvalue weighted by molar-refractivity contribution is 6.31. The molecule has 0 radical (unpaired) electrons. The summed E-state index contributed by atoms with van der Waals surface area (Å²) in [5.41, 5.74) is 0.668. The van der Waals surface area contributed by atoms with Crippen molar-refractivity contribution in [3.63, 3.8) is 0 Å². The maximum atomic E-state index is 13.6. The number of nitrogens with one attached hydrogen (secondary N) is 2. The Morgan fingerprint density at radius 3 is 2.61 bits per heavy atom. The largest absolute Gasteiger partial charge is 0.508 e. The Kier molecular flexibility index (Phi) is 5.39. The second-order valence-electron chi connectivity index (χ2n) is 8.75. The zero-order chi connectivity index (χ0) is 23.3. The Labute approximate surface area is 195 Å². The van der Waals surface area contributed by atoms with Gasteiger partial charge in [0, 0.05) is 42.6 Å². The highest BCUT2D eigenvalue weighted by Gasteiger charge is 2.70. The molecule has 2 saturated heterocycles. The molecule has 3 N–H and O–H groups in total. The van der Waals surface area contributed by atoms with Crippen molar-refractivity contribution in [3.05, 3.63) is 58.6 Å². The zero-order valence-electron chi connectivity index (χ0n) is 18.0. The highest BCUT2D eigenvalue weighted by atomic mass is 35.5. The second kappa shape index (κ2) is 8.13. The number of amides is 3. The van der Waals surface area contributed by atoms with Crippen LogP contribution in [0.25, 0.3) is 0 Å². The number of nitrogens with zero attached hydrogens (tertiary/aromatic N) is 1. The number of halogens is 1. The van der Waals surface area contributed by atoms with Gasteiger partial charge in [-0.15, -0.1) is 0 Å². The standard InChI is InChI=1S/C24H24ClN3O5/c1-33-10-2-9-28-21(30)19-18(11-13-3-6-15(29)7-4-13)27-24(20(19)22(28)31)16-12-14(25)5-8-17(16)26-23(24)32/h3-8,12,18-20,27,29H,2,9-11H2,1H3,(H,26,32)/t18-,19+,20-,24-/m0/s1. The van der Waals surface area contributed by atoms with Gasteiger partial charge in [-0.25, -0.2) is 0 Å². The van der Waals surface area contributed by atoms with Crippen molar-refractivity contribution in [2.24, 2.45) is 11.8 Å². The number of ether oxygens (including phenoxy) is 1. The molecule has 0 aromatic heterocycles. The van der Waals surface area contributed by atoms with E-state index in [1.807, 2.05) is 0 Å². The number of benzene rings is 2. The second-order valence-corrected chi connectivity index (χ2v) is 9.19. The predicted molar refractivity (Wildman–Crippen MR) is 121 cm³/mol. The van der Waals surface area contributed by atoms with Gasteiger partial charge in [-0.3, -0.25) is 24.6 Å². The lowest BCUT2D eigenvalue weighted by Gasteiger charge is -2.29. The zero-order valence-corrected chi connectivity index (χ0v) is 18.8. The fourth-order valence-electron chi connectivity index (χ4n) is 5.48. The fraction of sp³-hybridized carbons (Fsp3) is 0.375. The van der Waals surface area contributed by atoms with E-state index < -0.39 is 23.4 Å². The molecule has 3 amide bonds. The summed E-state index contributed by atoms with van der Waals surface area (Å²) in [6.07, 6.45) is 0.933. The molecule has 3 aliphatic heterocycles. The van der Waals surface area contributed by atoms with E-state index in [4.69, 9.17) is 16.3 Å². The number of aromatic hydroxyl groups is 1. The smallest absolute Gasteiger partial charge is 0.250 e. The first-order valence-electron chi connectivity index (χ1n) is 10.9. The fourth-order valence-corrected chi connectivity index (χ4v) is 5.65. The third-order valence-electron chi connectivity index (χ3n) is 6.89. The lowest BCUT2D eigenvalue weighted by Crippen LogP contribution is -2.53. The molecule has 4 atom stereocenters. The molecule has 0 saturated carbocycles. The van der Waals surface area contributed by atoms with Crippen molar-refractivity contribution in [2.75, 3.05) is 25.6 Å². The number of hydrogen-bond acceptors (Lipinski definition) is 6. The molecule has 2 fully saturated rings. The first-order valence-corrected chi connectivity index (χ1v) is 11.3. The maximum Gasteiger partial charge on any atom is 0.250 e. The molecule has 5 rings (SSSR count). The van der Waals surface area contributed by atoms with Gasteiger partial charge < -0.3 is 15.2 Å². The van der Waals surface area contributed by atoms with Gasteiger partial charge in [0.1, 0.15) is 11.3 Å². The van der Waals surface area contributed by atoms with Crippen molar-refractivity contribution in [1.29, 1.82) is 0 Å². The Balaban J connectivity index is 1.58. The molecule has 3 heterocycles. The van der Waals surface area contributed by atoms with Gasteiger partial charge in [0.2, 0.25) is 17.7 Å². The SMILES string of the molecule is COCCCN1C(=O)[C@@H]2[C@H](Cc3ccc(O)cc3)N[C@]3(C(=O)Nc4ccc(Cl)cc43)[C@@H]2C1=O. The number of carbonyl (C=O) groups excluding carboxylic acids is 3. The van der Waals surface area contributed by atoms with Crippen molar-refractivity contribution in [2.45, 2.75) is 24.4 Å². The number of carbonyl (C=O) groups is 3. The summed E-state index contributed by atoms with van der Waals surface area (Å²) in [5, 5.41) is 16.3. The molecule has 33 heavy (non-hydrogen) atoms. The molecule has 8 nitrogen and oxygen atoms in total. The van der Waals surface area contributed by atoms with Gasteiger partial charge in [0.15, 0.2) is 0 Å². The van der Waals surface area contributed by atoms with Crippen LogP contribution in [-0.4, -0.2) is 54.0 Å². The van der Waals surface area contributed by atoms with Crippen LogP contribution >= 0.6 is 11.6 Å². The van der Waals surface area contributed by atoms with E-state index in [1.54, 1.807) is 49.6 Å². The minimum Gasteiger partial charge on any atom is -0.508 e. The Morgan fingerprint density at radius 2 is 1.88 bits per heavy atom. The van der Waals surface area contributed by atoms with Gasteiger partial charge >= 0.3 is 0 Å². The predicted octanol–water partition coefficient (Wildman–Crippen LogP) is 2.05. The summed E-state index contributed by atoms with van der Waals surface area (Å²) in [6.45, 7) is 0.663. The average molecular weight is 470 g/mol. The molecular weight excluding hydrogens is 446 g/mol. The van der Waals surface area contributed by atoms with Crippen molar-refractivity contribution in [1.82, 2.24) is 10.2 Å². The molecule has 2 aromatic carbocycles. The van der Waals surface area contributed by atoms with Gasteiger partial charge in [-0.05, 0) is 48.7 Å². The lowest BCUT2D eigenvalue weighted by molar-refractivity contribution is -0.143. The van der Waals surface area contributed by atoms with Crippen LogP contribution in [0.5, 0.6) is 5.75 Å². The molecule has 0 aliphatic carbocycles. The van der Waals surface area contributed by atoms with Crippen LogP contribution < -0.4 is 10.6 Å². The van der Waals surface area contributed by atoms with Gasteiger partial charge in [-0.2, -0.15) is 0 Å². The van der Waals surface area contributed by atoms with Crippen molar-refractivity contribution >= 4 is 35.0 Å². The maximum absolute atomic E-state index is 13.6. The van der Waals surface area contributed by atoms with Crippen LogP contribution in [0.4, 0.5) is 5.69 Å². The summed E-state index contributed by atoms with van der Waals surface area (Å²) < 4.78 is 5.09. The third-order valence-corrected chi connectivity index (χ3v) is 7.13. The van der Waals surface area contributed by atoms with Crippen LogP contribution in [0.1, 0.15) is 17.5 Å². The summed E-state index contributed by atoms with van der Waals surface area (Å²) >= 11 is 6.27. The van der Waals surface area contributed by atoms with Crippen LogP contribution in [0.15, 0.2) is 42.5 Å². The number of likely N-dealkylation sites (tertiary alicyclic amines) is 1. The molecule has 9 heteroatoms. The van der Waals surface area contributed by atoms with Crippen LogP contribution in [0.2, 0.25) is 5.02 Å². The summed E-state index contributed by atoms with van der Waals surface area (Å²) in [4.78, 5) is 41.8. The van der Waals surface area contributed by atoms with Crippen LogP contribution in [-0.2, 0) is 31.1 Å². The number of phenolic OH excluding ortho intramolecular Hbond substituents is 1. The molecule has 3 aliphatic rings. The van der Waals surface area contributed by atoms with E-state index in [-0.39, 0.29) is 30.0 Å². The first kappa shape index (κ1) is 21.9. The summed E-state index contributed by atoms with van der Waals surface area (Å²) in [6, 6.07) is 11.3. The van der Waals surface area contributed by atoms with Gasteiger partial charge in [0.25, 0.3) is 0 Å². The quantitative estimate of drug-likeness (QED) is 0.441. The monoisotopic (exact) mass is 469 g/mol. The highest BCUT2D eigenvalue weighted by Crippen LogP contribution is 2.53. The van der Waals surface area contributed by atoms with Gasteiger partial charge in [0.05, 0.1) is 11.8 Å². The number of hydrogen-bond donors (Lipinski definition) is 3. The number of anilines is 1. The minimum absolute atomic E-state index is 0.141. The third kappa shape index (κ3) is 3.32. The van der Waals surface area contributed by atoms with Crippen LogP contribution in [0.3, 0.4) is 0 Å². The number of methoxy groups -OCH3 is 1.